The van der Waals surface area contributed by atoms with Gasteiger partial charge in [-0.05, 0) is 30.5 Å². The van der Waals surface area contributed by atoms with Crippen LogP contribution in [0.2, 0.25) is 0 Å². The van der Waals surface area contributed by atoms with Gasteiger partial charge in [-0.25, -0.2) is 0 Å². The van der Waals surface area contributed by atoms with Crippen molar-refractivity contribution in [3.63, 3.8) is 0 Å². The Labute approximate surface area is 152 Å². The van der Waals surface area contributed by atoms with Crippen molar-refractivity contribution in [3.8, 4) is 0 Å². The van der Waals surface area contributed by atoms with Crippen LogP contribution in [-0.4, -0.2) is 42.6 Å². The second-order valence-corrected chi connectivity index (χ2v) is 6.70. The van der Waals surface area contributed by atoms with Gasteiger partial charge in [0.05, 0.1) is 22.9 Å². The minimum atomic E-state index is -4.61. The Morgan fingerprint density at radius 1 is 1.33 bits per heavy atom. The minimum Gasteiger partial charge on any atom is -0.511 e. The van der Waals surface area contributed by atoms with E-state index in [1.165, 1.54) is 12.3 Å². The second-order valence-electron chi connectivity index (χ2n) is 6.70. The summed E-state index contributed by atoms with van der Waals surface area (Å²) >= 11 is 0. The molecule has 2 atom stereocenters. The molecule has 0 bridgehead atoms. The van der Waals surface area contributed by atoms with E-state index >= 15 is 0 Å². The fraction of sp³-hybridized carbons (Fsp3) is 0.389. The maximum atomic E-state index is 13.4. The van der Waals surface area contributed by atoms with Gasteiger partial charge in [0.15, 0.2) is 0 Å². The molecule has 3 aliphatic heterocycles. The molecule has 142 valence electrons. The first kappa shape index (κ1) is 17.6. The van der Waals surface area contributed by atoms with E-state index in [9.17, 15) is 23.1 Å². The number of anilines is 2. The maximum Gasteiger partial charge on any atom is 0.418 e. The van der Waals surface area contributed by atoms with Crippen molar-refractivity contribution >= 4 is 29.7 Å². The molecular weight excluding hydrogens is 361 g/mol. The molecule has 27 heavy (non-hydrogen) atoms. The van der Waals surface area contributed by atoms with Gasteiger partial charge in [0.1, 0.15) is 5.76 Å². The van der Waals surface area contributed by atoms with Crippen LogP contribution in [0.3, 0.4) is 0 Å². The first-order valence-electron chi connectivity index (χ1n) is 8.60. The molecule has 1 aromatic rings. The monoisotopic (exact) mass is 378 g/mol. The summed E-state index contributed by atoms with van der Waals surface area (Å²) in [7, 11) is 0. The molecule has 0 radical (unpaired) electrons. The first-order chi connectivity index (χ1) is 12.8. The third-order valence-electron chi connectivity index (χ3n) is 4.99. The molecule has 3 aliphatic rings. The van der Waals surface area contributed by atoms with Gasteiger partial charge in [0, 0.05) is 37.1 Å². The number of carbonyl (C=O) groups is 1. The maximum absolute atomic E-state index is 13.4. The number of carbonyl (C=O) groups excluding carboxylic acids is 1. The largest absolute Gasteiger partial charge is 0.511 e. The number of fused-ring (bicyclic) bond motifs is 2. The third-order valence-corrected chi connectivity index (χ3v) is 4.99. The molecule has 1 amide bonds. The van der Waals surface area contributed by atoms with Gasteiger partial charge in [0.25, 0.3) is 5.91 Å². The summed E-state index contributed by atoms with van der Waals surface area (Å²) in [6.45, 7) is 1.05. The fourth-order valence-electron chi connectivity index (χ4n) is 3.59. The molecule has 6 nitrogen and oxygen atoms in total. The summed E-state index contributed by atoms with van der Waals surface area (Å²) in [5.41, 5.74) is -0.244. The fourth-order valence-corrected chi connectivity index (χ4v) is 3.59. The van der Waals surface area contributed by atoms with E-state index < -0.39 is 17.6 Å². The van der Waals surface area contributed by atoms with Crippen molar-refractivity contribution in [2.24, 2.45) is 15.9 Å². The average Bonchev–Trinajstić information content (AvgIpc) is 3.08. The van der Waals surface area contributed by atoms with E-state index in [4.69, 9.17) is 0 Å². The Hall–Kier alpha value is -2.84. The Morgan fingerprint density at radius 3 is 2.93 bits per heavy atom. The summed E-state index contributed by atoms with van der Waals surface area (Å²) in [5.74, 6) is -1.36. The number of alkyl halides is 3. The topological polar surface area (TPSA) is 86.1 Å². The number of nitrogens with one attached hydrogen (secondary N) is 2. The number of nitrogens with zero attached hydrogens (tertiary/aromatic N) is 2. The summed E-state index contributed by atoms with van der Waals surface area (Å²) in [5, 5.41) is 15.7. The van der Waals surface area contributed by atoms with Gasteiger partial charge < -0.3 is 15.7 Å². The number of benzene rings is 1. The molecule has 0 aliphatic carbocycles. The van der Waals surface area contributed by atoms with Crippen molar-refractivity contribution in [2.45, 2.75) is 25.1 Å². The lowest BCUT2D eigenvalue weighted by Crippen LogP contribution is -2.33. The molecule has 4 rings (SSSR count). The van der Waals surface area contributed by atoms with Gasteiger partial charge >= 0.3 is 6.18 Å². The van der Waals surface area contributed by atoms with Gasteiger partial charge in [-0.1, -0.05) is 0 Å². The van der Waals surface area contributed by atoms with Crippen molar-refractivity contribution in [1.29, 1.82) is 0 Å². The van der Waals surface area contributed by atoms with Crippen molar-refractivity contribution in [3.05, 3.63) is 34.6 Å². The van der Waals surface area contributed by atoms with E-state index in [1.807, 2.05) is 0 Å². The third kappa shape index (κ3) is 3.17. The zero-order chi connectivity index (χ0) is 19.2. The standard InChI is InChI=1S/C18H17F3N4O2/c19-18(20,21)12-5-9-1-4-23-13(9)6-14(12)25-17(27)11-7-24-15-8-22-3-2-10(15)16(11)26/h5-8,10,15,23,26H,1-4H2,(H,25,27). The number of aliphatic imine (C=N–C) groups is 2. The highest BCUT2D eigenvalue weighted by atomic mass is 19.4. The highest BCUT2D eigenvalue weighted by Crippen LogP contribution is 2.40. The molecular formula is C18H17F3N4O2. The zero-order valence-corrected chi connectivity index (χ0v) is 14.2. The molecule has 0 aromatic heterocycles. The Bertz CT molecular complexity index is 889. The van der Waals surface area contributed by atoms with Crippen molar-refractivity contribution in [1.82, 2.24) is 0 Å². The molecule has 2 unspecified atom stereocenters. The van der Waals surface area contributed by atoms with Crippen LogP contribution in [0.15, 0.2) is 33.4 Å². The number of hydrogen-bond acceptors (Lipinski definition) is 5. The number of dihydropyridines is 1. The van der Waals surface area contributed by atoms with E-state index in [0.717, 1.165) is 6.07 Å². The van der Waals surface area contributed by atoms with Gasteiger partial charge in [-0.2, -0.15) is 13.2 Å². The van der Waals surface area contributed by atoms with Crippen LogP contribution in [-0.2, 0) is 17.4 Å². The van der Waals surface area contributed by atoms with Crippen LogP contribution in [0.25, 0.3) is 0 Å². The number of hydrogen-bond donors (Lipinski definition) is 3. The van der Waals surface area contributed by atoms with E-state index in [0.29, 0.717) is 37.2 Å². The predicted octanol–water partition coefficient (Wildman–Crippen LogP) is 2.97. The van der Waals surface area contributed by atoms with E-state index in [2.05, 4.69) is 20.6 Å². The number of halogens is 3. The summed E-state index contributed by atoms with van der Waals surface area (Å²) in [6.07, 6.45) is -0.776. The Kier molecular flexibility index (Phi) is 4.16. The smallest absolute Gasteiger partial charge is 0.418 e. The van der Waals surface area contributed by atoms with Gasteiger partial charge in [-0.15, -0.1) is 0 Å². The van der Waals surface area contributed by atoms with Crippen LogP contribution < -0.4 is 10.6 Å². The normalized spacial score (nSPS) is 23.7. The summed E-state index contributed by atoms with van der Waals surface area (Å²) < 4.78 is 40.3. The lowest BCUT2D eigenvalue weighted by atomic mass is 9.88. The van der Waals surface area contributed by atoms with Crippen molar-refractivity contribution in [2.75, 3.05) is 23.7 Å². The Balaban J connectivity index is 1.65. The number of aliphatic hydroxyl groups excluding tert-OH is 1. The highest BCUT2D eigenvalue weighted by molar-refractivity contribution is 6.19. The molecule has 0 spiro atoms. The molecule has 0 fully saturated rings. The van der Waals surface area contributed by atoms with Crippen molar-refractivity contribution < 1.29 is 23.1 Å². The Morgan fingerprint density at radius 2 is 2.15 bits per heavy atom. The molecule has 0 saturated carbocycles. The van der Waals surface area contributed by atoms with Gasteiger partial charge in [-0.3, -0.25) is 14.8 Å². The summed E-state index contributed by atoms with van der Waals surface area (Å²) in [6, 6.07) is 2.00. The molecule has 9 heteroatoms. The lowest BCUT2D eigenvalue weighted by Gasteiger charge is -2.27. The van der Waals surface area contributed by atoms with E-state index in [-0.39, 0.29) is 29.0 Å². The zero-order valence-electron chi connectivity index (χ0n) is 14.2. The SMILES string of the molecule is O=C(Nc1cc2c(cc1C(F)(F)F)CCN2)C1=C(O)C2CCN=CC2N=C1. The van der Waals surface area contributed by atoms with Gasteiger partial charge in [0.2, 0.25) is 0 Å². The van der Waals surface area contributed by atoms with Crippen LogP contribution in [0, 0.1) is 5.92 Å². The number of rotatable bonds is 2. The minimum absolute atomic E-state index is 0.117. The lowest BCUT2D eigenvalue weighted by molar-refractivity contribution is -0.137. The summed E-state index contributed by atoms with van der Waals surface area (Å²) in [4.78, 5) is 20.9. The molecule has 3 N–H and O–H groups in total. The van der Waals surface area contributed by atoms with Crippen LogP contribution in [0.5, 0.6) is 0 Å². The second kappa shape index (κ2) is 6.40. The number of aliphatic hydroxyl groups is 1. The first-order valence-corrected chi connectivity index (χ1v) is 8.60. The molecule has 0 saturated heterocycles. The predicted molar refractivity (Wildman–Crippen MR) is 95.7 cm³/mol. The number of amides is 1. The molecule has 1 aromatic carbocycles. The quantitative estimate of drug-likeness (QED) is 0.740. The van der Waals surface area contributed by atoms with E-state index in [1.54, 1.807) is 6.21 Å². The van der Waals surface area contributed by atoms with Crippen LogP contribution in [0.1, 0.15) is 17.5 Å². The molecule has 3 heterocycles. The highest BCUT2D eigenvalue weighted by Gasteiger charge is 2.37. The van der Waals surface area contributed by atoms with Crippen LogP contribution >= 0.6 is 0 Å². The van der Waals surface area contributed by atoms with Crippen LogP contribution in [0.4, 0.5) is 24.5 Å². The average molecular weight is 378 g/mol.